The lowest BCUT2D eigenvalue weighted by atomic mass is 10.1. The average molecular weight is 392 g/mol. The first-order valence-corrected chi connectivity index (χ1v) is 10.4. The van der Waals surface area contributed by atoms with Gasteiger partial charge < -0.3 is 14.8 Å². The van der Waals surface area contributed by atoms with Crippen molar-refractivity contribution in [2.75, 3.05) is 18.4 Å². The van der Waals surface area contributed by atoms with Crippen LogP contribution in [0.5, 0.6) is 0 Å². The van der Waals surface area contributed by atoms with Crippen LogP contribution in [0.2, 0.25) is 0 Å². The van der Waals surface area contributed by atoms with Crippen molar-refractivity contribution in [2.24, 2.45) is 5.92 Å². The number of pyridine rings is 1. The number of nitrogens with zero attached hydrogens (tertiary/aromatic N) is 4. The number of fused-ring (bicyclic) bond motifs is 1. The SMILES string of the molecule is Cc1cccc(C)c1NC(=O)N1CC[C@@H](c2nc3ccncc3n2CC(C)C)C1. The van der Waals surface area contributed by atoms with Crippen molar-refractivity contribution >= 4 is 22.8 Å². The van der Waals surface area contributed by atoms with Crippen LogP contribution in [0.4, 0.5) is 10.5 Å². The van der Waals surface area contributed by atoms with Crippen molar-refractivity contribution in [1.82, 2.24) is 19.4 Å². The van der Waals surface area contributed by atoms with Crippen LogP contribution in [-0.4, -0.2) is 38.6 Å². The predicted molar refractivity (Wildman–Crippen MR) is 116 cm³/mol. The molecule has 2 aromatic heterocycles. The number of nitrogens with one attached hydrogen (secondary N) is 1. The molecule has 1 aliphatic rings. The van der Waals surface area contributed by atoms with Crippen molar-refractivity contribution < 1.29 is 4.79 Å². The maximum Gasteiger partial charge on any atom is 0.321 e. The minimum absolute atomic E-state index is 0.0295. The number of aromatic nitrogens is 3. The van der Waals surface area contributed by atoms with Gasteiger partial charge in [0.1, 0.15) is 5.82 Å². The van der Waals surface area contributed by atoms with Gasteiger partial charge in [-0.2, -0.15) is 0 Å². The van der Waals surface area contributed by atoms with Gasteiger partial charge in [0.25, 0.3) is 0 Å². The zero-order valence-corrected chi connectivity index (χ0v) is 17.6. The smallest absolute Gasteiger partial charge is 0.321 e. The molecule has 0 aliphatic carbocycles. The summed E-state index contributed by atoms with van der Waals surface area (Å²) in [6.45, 7) is 10.8. The Labute approximate surface area is 172 Å². The standard InChI is InChI=1S/C23H29N5O/c1-15(2)13-28-20-12-24-10-8-19(20)25-22(28)18-9-11-27(14-18)23(29)26-21-16(3)6-5-7-17(21)4/h5-8,10,12,15,18H,9,11,13-14H2,1-4H3,(H,26,29)/t18-/m1/s1. The molecule has 152 valence electrons. The van der Waals surface area contributed by atoms with E-state index in [-0.39, 0.29) is 11.9 Å². The number of rotatable bonds is 4. The molecule has 0 saturated carbocycles. The molecule has 1 aliphatic heterocycles. The van der Waals surface area contributed by atoms with E-state index in [1.54, 1.807) is 6.20 Å². The van der Waals surface area contributed by atoms with Crippen LogP contribution >= 0.6 is 0 Å². The summed E-state index contributed by atoms with van der Waals surface area (Å²) in [5, 5.41) is 3.12. The highest BCUT2D eigenvalue weighted by Gasteiger charge is 2.31. The van der Waals surface area contributed by atoms with Gasteiger partial charge in [0, 0.05) is 37.4 Å². The molecule has 1 N–H and O–H groups in total. The number of aryl methyl sites for hydroxylation is 2. The number of hydrogen-bond donors (Lipinski definition) is 1. The molecule has 1 atom stereocenters. The molecule has 0 bridgehead atoms. The summed E-state index contributed by atoms with van der Waals surface area (Å²) in [6.07, 6.45) is 4.61. The van der Waals surface area contributed by atoms with Gasteiger partial charge in [-0.15, -0.1) is 0 Å². The van der Waals surface area contributed by atoms with Crippen molar-refractivity contribution in [3.63, 3.8) is 0 Å². The number of anilines is 1. The van der Waals surface area contributed by atoms with E-state index in [1.165, 1.54) is 0 Å². The molecule has 1 aromatic carbocycles. The molecule has 1 saturated heterocycles. The largest absolute Gasteiger partial charge is 0.326 e. The van der Waals surface area contributed by atoms with Gasteiger partial charge in [-0.3, -0.25) is 4.98 Å². The van der Waals surface area contributed by atoms with Crippen molar-refractivity contribution in [3.8, 4) is 0 Å². The fourth-order valence-electron chi connectivity index (χ4n) is 4.21. The lowest BCUT2D eigenvalue weighted by Gasteiger charge is -2.20. The summed E-state index contributed by atoms with van der Waals surface area (Å²) in [5.41, 5.74) is 5.14. The normalized spacial score (nSPS) is 16.7. The van der Waals surface area contributed by atoms with Crippen LogP contribution < -0.4 is 5.32 Å². The number of amides is 2. The van der Waals surface area contributed by atoms with Crippen LogP contribution in [0.1, 0.15) is 43.1 Å². The van der Waals surface area contributed by atoms with Crippen LogP contribution in [0.15, 0.2) is 36.7 Å². The minimum Gasteiger partial charge on any atom is -0.326 e. The van der Waals surface area contributed by atoms with Crippen LogP contribution in [0.3, 0.4) is 0 Å². The minimum atomic E-state index is -0.0295. The summed E-state index contributed by atoms with van der Waals surface area (Å²) < 4.78 is 2.30. The van der Waals surface area contributed by atoms with E-state index in [2.05, 4.69) is 28.7 Å². The van der Waals surface area contributed by atoms with E-state index in [0.717, 1.165) is 53.2 Å². The number of urea groups is 1. The lowest BCUT2D eigenvalue weighted by Crippen LogP contribution is -2.33. The molecule has 1 fully saturated rings. The Morgan fingerprint density at radius 3 is 2.72 bits per heavy atom. The Balaban J connectivity index is 1.55. The third kappa shape index (κ3) is 3.84. The van der Waals surface area contributed by atoms with Crippen LogP contribution in [-0.2, 0) is 6.54 Å². The Hall–Kier alpha value is -2.89. The van der Waals surface area contributed by atoms with Gasteiger partial charge in [0.15, 0.2) is 0 Å². The second-order valence-corrected chi connectivity index (χ2v) is 8.47. The van der Waals surface area contributed by atoms with Crippen LogP contribution in [0, 0.1) is 19.8 Å². The van der Waals surface area contributed by atoms with E-state index in [9.17, 15) is 4.79 Å². The third-order valence-corrected chi connectivity index (χ3v) is 5.68. The zero-order valence-electron chi connectivity index (χ0n) is 17.6. The highest BCUT2D eigenvalue weighted by atomic mass is 16.2. The second kappa shape index (κ2) is 7.85. The Kier molecular flexibility index (Phi) is 5.26. The van der Waals surface area contributed by atoms with Gasteiger partial charge in [0.2, 0.25) is 0 Å². The summed E-state index contributed by atoms with van der Waals surface area (Å²) in [4.78, 5) is 24.0. The second-order valence-electron chi connectivity index (χ2n) is 8.47. The average Bonchev–Trinajstić information content (AvgIpc) is 3.30. The van der Waals surface area contributed by atoms with E-state index in [4.69, 9.17) is 4.98 Å². The zero-order chi connectivity index (χ0) is 20.5. The van der Waals surface area contributed by atoms with Gasteiger partial charge in [-0.1, -0.05) is 32.0 Å². The molecule has 3 heterocycles. The molecular weight excluding hydrogens is 362 g/mol. The van der Waals surface area contributed by atoms with Gasteiger partial charge in [-0.25, -0.2) is 9.78 Å². The maximum atomic E-state index is 12.9. The van der Waals surface area contributed by atoms with Gasteiger partial charge in [0.05, 0.1) is 17.2 Å². The molecule has 0 unspecified atom stereocenters. The number of imidazole rings is 1. The Morgan fingerprint density at radius 2 is 2.00 bits per heavy atom. The summed E-state index contributed by atoms with van der Waals surface area (Å²) in [7, 11) is 0. The number of hydrogen-bond acceptors (Lipinski definition) is 3. The molecule has 0 radical (unpaired) electrons. The quantitative estimate of drug-likeness (QED) is 0.700. The number of carbonyl (C=O) groups is 1. The highest BCUT2D eigenvalue weighted by molar-refractivity contribution is 5.91. The molecular formula is C23H29N5O. The molecule has 3 aromatic rings. The molecule has 2 amide bonds. The monoisotopic (exact) mass is 391 g/mol. The third-order valence-electron chi connectivity index (χ3n) is 5.68. The van der Waals surface area contributed by atoms with Crippen molar-refractivity contribution in [2.45, 2.75) is 46.6 Å². The summed E-state index contributed by atoms with van der Waals surface area (Å²) >= 11 is 0. The van der Waals surface area contributed by atoms with Crippen LogP contribution in [0.25, 0.3) is 11.0 Å². The van der Waals surface area contributed by atoms with Crippen molar-refractivity contribution in [1.29, 1.82) is 0 Å². The summed E-state index contributed by atoms with van der Waals surface area (Å²) in [6, 6.07) is 8.00. The lowest BCUT2D eigenvalue weighted by molar-refractivity contribution is 0.222. The number of benzene rings is 1. The van der Waals surface area contributed by atoms with Gasteiger partial charge >= 0.3 is 6.03 Å². The highest BCUT2D eigenvalue weighted by Crippen LogP contribution is 2.31. The van der Waals surface area contributed by atoms with E-state index in [1.807, 2.05) is 49.2 Å². The Morgan fingerprint density at radius 1 is 1.24 bits per heavy atom. The molecule has 29 heavy (non-hydrogen) atoms. The van der Waals surface area contributed by atoms with E-state index < -0.39 is 0 Å². The molecule has 6 nitrogen and oxygen atoms in total. The number of carbonyl (C=O) groups excluding carboxylic acids is 1. The number of para-hydroxylation sites is 1. The first kappa shape index (κ1) is 19.4. The molecule has 0 spiro atoms. The number of likely N-dealkylation sites (tertiary alicyclic amines) is 1. The summed E-state index contributed by atoms with van der Waals surface area (Å²) in [5.74, 6) is 1.82. The predicted octanol–water partition coefficient (Wildman–Crippen LogP) is 4.73. The first-order valence-electron chi connectivity index (χ1n) is 10.4. The fourth-order valence-corrected chi connectivity index (χ4v) is 4.21. The fraction of sp³-hybridized carbons (Fsp3) is 0.435. The van der Waals surface area contributed by atoms with Gasteiger partial charge in [-0.05, 0) is 43.4 Å². The topological polar surface area (TPSA) is 63.1 Å². The molecule has 4 rings (SSSR count). The van der Waals surface area contributed by atoms with Crippen molar-refractivity contribution in [3.05, 3.63) is 53.6 Å². The van der Waals surface area contributed by atoms with E-state index in [0.29, 0.717) is 12.5 Å². The Bertz CT molecular complexity index is 1020. The molecule has 6 heteroatoms. The van der Waals surface area contributed by atoms with E-state index >= 15 is 0 Å². The first-order chi connectivity index (χ1) is 13.9. The maximum absolute atomic E-state index is 12.9.